The van der Waals surface area contributed by atoms with E-state index in [2.05, 4.69) is 18.7 Å². The van der Waals surface area contributed by atoms with Gasteiger partial charge in [0.25, 0.3) is 0 Å². The molecule has 134 valence electrons. The van der Waals surface area contributed by atoms with Crippen molar-refractivity contribution in [1.82, 2.24) is 4.90 Å². The van der Waals surface area contributed by atoms with Gasteiger partial charge in [-0.25, -0.2) is 0 Å². The minimum atomic E-state index is -0.455. The van der Waals surface area contributed by atoms with Crippen LogP contribution in [-0.4, -0.2) is 55.2 Å². The van der Waals surface area contributed by atoms with Crippen molar-refractivity contribution in [2.75, 3.05) is 26.2 Å². The van der Waals surface area contributed by atoms with E-state index in [0.29, 0.717) is 5.41 Å². The van der Waals surface area contributed by atoms with Crippen LogP contribution in [0.5, 0.6) is 0 Å². The summed E-state index contributed by atoms with van der Waals surface area (Å²) in [5.41, 5.74) is 0.575. The molecule has 0 saturated carbocycles. The maximum atomic E-state index is 6.13. The summed E-state index contributed by atoms with van der Waals surface area (Å²) in [5, 5.41) is 0. The highest BCUT2D eigenvalue weighted by molar-refractivity contribution is 4.98. The van der Waals surface area contributed by atoms with Crippen molar-refractivity contribution in [3.05, 3.63) is 0 Å². The largest absolute Gasteiger partial charge is 0.374 e. The zero-order valence-electron chi connectivity index (χ0n) is 15.5. The normalized spacial score (nSPS) is 35.7. The standard InChI is InChI=1S/C19H35NO3/c1-5-7-10-19(9-6-2)13-20(14-19)12-16-17-15(8-11-21-16)22-18(3,4)23-17/h15-17H,5-14H2,1-4H3. The average Bonchev–Trinajstić information content (AvgIpc) is 2.78. The second-order valence-electron chi connectivity index (χ2n) is 8.36. The van der Waals surface area contributed by atoms with E-state index in [9.17, 15) is 0 Å². The summed E-state index contributed by atoms with van der Waals surface area (Å²) in [6.07, 6.45) is 8.17. The first-order valence-electron chi connectivity index (χ1n) is 9.66. The molecule has 0 bridgehead atoms. The van der Waals surface area contributed by atoms with Crippen molar-refractivity contribution >= 4 is 0 Å². The van der Waals surface area contributed by atoms with Crippen LogP contribution in [0.1, 0.15) is 66.2 Å². The predicted molar refractivity (Wildman–Crippen MR) is 91.5 cm³/mol. The van der Waals surface area contributed by atoms with E-state index in [1.807, 2.05) is 13.8 Å². The van der Waals surface area contributed by atoms with E-state index in [0.717, 1.165) is 19.6 Å². The molecule has 0 radical (unpaired) electrons. The molecule has 3 heterocycles. The number of fused-ring (bicyclic) bond motifs is 1. The highest BCUT2D eigenvalue weighted by Gasteiger charge is 2.50. The number of unbranched alkanes of at least 4 members (excludes halogenated alkanes) is 1. The van der Waals surface area contributed by atoms with Gasteiger partial charge in [0.15, 0.2) is 5.79 Å². The molecule has 3 aliphatic heterocycles. The topological polar surface area (TPSA) is 30.9 Å². The third-order valence-corrected chi connectivity index (χ3v) is 5.72. The summed E-state index contributed by atoms with van der Waals surface area (Å²) < 4.78 is 18.2. The summed E-state index contributed by atoms with van der Waals surface area (Å²) in [4.78, 5) is 2.58. The first-order chi connectivity index (χ1) is 11.0. The van der Waals surface area contributed by atoms with Crippen LogP contribution in [0.2, 0.25) is 0 Å². The van der Waals surface area contributed by atoms with Gasteiger partial charge in [0.2, 0.25) is 0 Å². The second-order valence-corrected chi connectivity index (χ2v) is 8.36. The van der Waals surface area contributed by atoms with Crippen molar-refractivity contribution in [3.63, 3.8) is 0 Å². The number of hydrogen-bond acceptors (Lipinski definition) is 4. The lowest BCUT2D eigenvalue weighted by molar-refractivity contribution is -0.159. The Balaban J connectivity index is 1.52. The highest BCUT2D eigenvalue weighted by atomic mass is 16.8. The Hall–Kier alpha value is -0.160. The van der Waals surface area contributed by atoms with Gasteiger partial charge in [-0.05, 0) is 38.5 Å². The van der Waals surface area contributed by atoms with E-state index in [1.54, 1.807) is 0 Å². The Morgan fingerprint density at radius 1 is 1.04 bits per heavy atom. The molecule has 0 aliphatic carbocycles. The fourth-order valence-electron chi connectivity index (χ4n) is 4.80. The van der Waals surface area contributed by atoms with E-state index in [-0.39, 0.29) is 18.3 Å². The van der Waals surface area contributed by atoms with E-state index in [4.69, 9.17) is 14.2 Å². The molecule has 3 atom stereocenters. The molecule has 0 amide bonds. The van der Waals surface area contributed by atoms with Crippen molar-refractivity contribution in [2.45, 2.75) is 90.3 Å². The Kier molecular flexibility index (Phi) is 5.37. The van der Waals surface area contributed by atoms with Crippen LogP contribution in [0.15, 0.2) is 0 Å². The van der Waals surface area contributed by atoms with Gasteiger partial charge >= 0.3 is 0 Å². The van der Waals surface area contributed by atoms with Crippen LogP contribution in [0, 0.1) is 5.41 Å². The smallest absolute Gasteiger partial charge is 0.163 e. The van der Waals surface area contributed by atoms with Crippen LogP contribution >= 0.6 is 0 Å². The molecule has 3 saturated heterocycles. The Labute approximate surface area is 141 Å². The molecule has 3 aliphatic rings. The molecular formula is C19H35NO3. The van der Waals surface area contributed by atoms with Crippen LogP contribution in [0.3, 0.4) is 0 Å². The van der Waals surface area contributed by atoms with Crippen LogP contribution in [-0.2, 0) is 14.2 Å². The lowest BCUT2D eigenvalue weighted by Gasteiger charge is -2.52. The molecule has 0 aromatic heterocycles. The summed E-state index contributed by atoms with van der Waals surface area (Å²) in [6, 6.07) is 0. The molecule has 3 rings (SSSR count). The monoisotopic (exact) mass is 325 g/mol. The van der Waals surface area contributed by atoms with Crippen LogP contribution in [0.25, 0.3) is 0 Å². The van der Waals surface area contributed by atoms with Gasteiger partial charge in [0.1, 0.15) is 6.10 Å². The number of ether oxygens (including phenoxy) is 3. The van der Waals surface area contributed by atoms with Gasteiger partial charge in [-0.3, -0.25) is 4.90 Å². The summed E-state index contributed by atoms with van der Waals surface area (Å²) in [6.45, 7) is 12.9. The van der Waals surface area contributed by atoms with Gasteiger partial charge < -0.3 is 14.2 Å². The van der Waals surface area contributed by atoms with Gasteiger partial charge in [-0.2, -0.15) is 0 Å². The number of likely N-dealkylation sites (tertiary alicyclic amines) is 1. The van der Waals surface area contributed by atoms with Gasteiger partial charge in [-0.1, -0.05) is 33.1 Å². The van der Waals surface area contributed by atoms with Gasteiger partial charge in [0, 0.05) is 26.2 Å². The average molecular weight is 325 g/mol. The molecule has 0 spiro atoms. The second kappa shape index (κ2) is 6.99. The fraction of sp³-hybridized carbons (Fsp3) is 1.00. The molecule has 4 nitrogen and oxygen atoms in total. The summed E-state index contributed by atoms with van der Waals surface area (Å²) in [7, 11) is 0. The maximum Gasteiger partial charge on any atom is 0.163 e. The lowest BCUT2D eigenvalue weighted by Crippen LogP contribution is -2.60. The van der Waals surface area contributed by atoms with Crippen molar-refractivity contribution in [3.8, 4) is 0 Å². The van der Waals surface area contributed by atoms with Crippen LogP contribution < -0.4 is 0 Å². The quantitative estimate of drug-likeness (QED) is 0.716. The van der Waals surface area contributed by atoms with Crippen molar-refractivity contribution in [1.29, 1.82) is 0 Å². The predicted octanol–water partition coefficient (Wildman–Crippen LogP) is 3.59. The van der Waals surface area contributed by atoms with E-state index >= 15 is 0 Å². The Morgan fingerprint density at radius 3 is 2.52 bits per heavy atom. The zero-order chi connectivity index (χ0) is 16.5. The Bertz CT molecular complexity index is 392. The first-order valence-corrected chi connectivity index (χ1v) is 9.66. The summed E-state index contributed by atoms with van der Waals surface area (Å²) >= 11 is 0. The van der Waals surface area contributed by atoms with Crippen molar-refractivity contribution in [2.24, 2.45) is 5.41 Å². The fourth-order valence-corrected chi connectivity index (χ4v) is 4.80. The summed E-state index contributed by atoms with van der Waals surface area (Å²) in [5.74, 6) is -0.455. The molecule has 0 N–H and O–H groups in total. The SMILES string of the molecule is CCCCC1(CCC)CN(CC2OCCC3OC(C)(C)OC23)C1. The Morgan fingerprint density at radius 2 is 1.83 bits per heavy atom. The minimum absolute atomic E-state index is 0.107. The van der Waals surface area contributed by atoms with Gasteiger partial charge in [-0.15, -0.1) is 0 Å². The molecule has 0 aromatic carbocycles. The zero-order valence-corrected chi connectivity index (χ0v) is 15.5. The number of nitrogens with zero attached hydrogens (tertiary/aromatic N) is 1. The molecule has 3 fully saturated rings. The molecular weight excluding hydrogens is 290 g/mol. The number of hydrogen-bond donors (Lipinski definition) is 0. The maximum absolute atomic E-state index is 6.13. The number of rotatable bonds is 7. The van der Waals surface area contributed by atoms with E-state index < -0.39 is 5.79 Å². The van der Waals surface area contributed by atoms with E-state index in [1.165, 1.54) is 45.2 Å². The third kappa shape index (κ3) is 3.92. The minimum Gasteiger partial charge on any atom is -0.374 e. The molecule has 0 aromatic rings. The third-order valence-electron chi connectivity index (χ3n) is 5.72. The molecule has 3 unspecified atom stereocenters. The highest BCUT2D eigenvalue weighted by Crippen LogP contribution is 2.41. The molecule has 4 heteroatoms. The first kappa shape index (κ1) is 17.7. The lowest BCUT2D eigenvalue weighted by atomic mass is 9.72. The van der Waals surface area contributed by atoms with Crippen LogP contribution in [0.4, 0.5) is 0 Å². The van der Waals surface area contributed by atoms with Gasteiger partial charge in [0.05, 0.1) is 12.2 Å². The van der Waals surface area contributed by atoms with Crippen molar-refractivity contribution < 1.29 is 14.2 Å². The molecule has 23 heavy (non-hydrogen) atoms.